The maximum atomic E-state index is 13.1. The predicted molar refractivity (Wildman–Crippen MR) is 117 cm³/mol. The summed E-state index contributed by atoms with van der Waals surface area (Å²) < 4.78 is 38.1. The van der Waals surface area contributed by atoms with Crippen LogP contribution in [0.2, 0.25) is 0 Å². The fraction of sp³-hybridized carbons (Fsp3) is 0.0526. The van der Waals surface area contributed by atoms with Gasteiger partial charge in [-0.2, -0.15) is 0 Å². The normalized spacial score (nSPS) is 11.4. The van der Waals surface area contributed by atoms with Crippen LogP contribution < -0.4 is 10.0 Å². The summed E-state index contributed by atoms with van der Waals surface area (Å²) in [5.74, 6) is -0.280. The van der Waals surface area contributed by atoms with Crippen molar-refractivity contribution in [1.29, 1.82) is 0 Å². The van der Waals surface area contributed by atoms with Crippen molar-refractivity contribution in [3.8, 4) is 22.5 Å². The predicted octanol–water partition coefficient (Wildman–Crippen LogP) is 5.19. The Kier molecular flexibility index (Phi) is 5.31. The molecule has 0 aliphatic carbocycles. The van der Waals surface area contributed by atoms with Crippen molar-refractivity contribution in [2.75, 3.05) is 16.3 Å². The van der Waals surface area contributed by atoms with Crippen LogP contribution in [0.5, 0.6) is 0 Å². The Bertz CT molecular complexity index is 1230. The first-order valence-electron chi connectivity index (χ1n) is 8.38. The van der Waals surface area contributed by atoms with Crippen LogP contribution in [0.3, 0.4) is 0 Å². The smallest absolute Gasteiger partial charge is 0.229 e. The van der Waals surface area contributed by atoms with E-state index in [1.165, 1.54) is 34.8 Å². The van der Waals surface area contributed by atoms with Gasteiger partial charge in [0.1, 0.15) is 5.82 Å². The number of halogens is 1. The van der Waals surface area contributed by atoms with E-state index in [0.717, 1.165) is 28.8 Å². The molecule has 2 aromatic carbocycles. The summed E-state index contributed by atoms with van der Waals surface area (Å²) >= 11 is 2.89. The zero-order chi connectivity index (χ0) is 20.4. The van der Waals surface area contributed by atoms with E-state index in [4.69, 9.17) is 0 Å². The van der Waals surface area contributed by atoms with Gasteiger partial charge in [-0.15, -0.1) is 22.7 Å². The minimum atomic E-state index is -3.30. The summed E-state index contributed by atoms with van der Waals surface area (Å²) in [6.07, 6.45) is 1.11. The number of benzene rings is 2. The molecular formula is C19H15FN4O2S3. The first-order valence-corrected chi connectivity index (χ1v) is 12.0. The monoisotopic (exact) mass is 446 g/mol. The number of hydrogen-bond donors (Lipinski definition) is 2. The molecule has 4 aromatic rings. The number of aromatic nitrogens is 2. The molecule has 0 aliphatic rings. The lowest BCUT2D eigenvalue weighted by Crippen LogP contribution is -2.09. The zero-order valence-electron chi connectivity index (χ0n) is 15.1. The maximum absolute atomic E-state index is 13.1. The minimum absolute atomic E-state index is 0.280. The molecule has 10 heteroatoms. The van der Waals surface area contributed by atoms with Gasteiger partial charge >= 0.3 is 0 Å². The van der Waals surface area contributed by atoms with E-state index in [2.05, 4.69) is 20.0 Å². The molecule has 0 saturated heterocycles. The average Bonchev–Trinajstić information content (AvgIpc) is 3.32. The SMILES string of the molecule is CS(=O)(=O)Nc1ccc(-c2csc(Nc3nc(-c4ccc(F)cc4)cs3)n2)cc1. The van der Waals surface area contributed by atoms with Crippen LogP contribution in [0.4, 0.5) is 20.3 Å². The number of thiazole rings is 2. The second-order valence-electron chi connectivity index (χ2n) is 6.16. The highest BCUT2D eigenvalue weighted by Crippen LogP contribution is 2.31. The lowest BCUT2D eigenvalue weighted by Gasteiger charge is -2.04. The van der Waals surface area contributed by atoms with Crippen molar-refractivity contribution in [2.45, 2.75) is 0 Å². The van der Waals surface area contributed by atoms with Gasteiger partial charge in [0.05, 0.1) is 17.6 Å². The van der Waals surface area contributed by atoms with Gasteiger partial charge in [-0.25, -0.2) is 22.8 Å². The van der Waals surface area contributed by atoms with E-state index < -0.39 is 10.0 Å². The fourth-order valence-corrected chi connectivity index (χ4v) is 4.63. The summed E-state index contributed by atoms with van der Waals surface area (Å²) in [7, 11) is -3.30. The van der Waals surface area contributed by atoms with E-state index >= 15 is 0 Å². The molecule has 0 saturated carbocycles. The van der Waals surface area contributed by atoms with Crippen molar-refractivity contribution in [3.63, 3.8) is 0 Å². The standard InChI is InChI=1S/C19H15FN4O2S3/c1-29(25,26)24-15-8-4-13(5-9-15)17-11-28-19(22-17)23-18-21-16(10-27-18)12-2-6-14(20)7-3-12/h2-11,24H,1H3,(H,21,22,23). The number of anilines is 3. The second kappa shape index (κ2) is 7.90. The number of nitrogens with zero attached hydrogens (tertiary/aromatic N) is 2. The van der Waals surface area contributed by atoms with Crippen molar-refractivity contribution < 1.29 is 12.8 Å². The van der Waals surface area contributed by atoms with E-state index in [-0.39, 0.29) is 5.82 Å². The van der Waals surface area contributed by atoms with E-state index in [0.29, 0.717) is 16.0 Å². The average molecular weight is 447 g/mol. The third kappa shape index (κ3) is 4.97. The molecule has 2 N–H and O–H groups in total. The third-order valence-corrected chi connectivity index (χ3v) is 5.97. The molecule has 0 fully saturated rings. The van der Waals surface area contributed by atoms with Crippen LogP contribution >= 0.6 is 22.7 Å². The Morgan fingerprint density at radius 1 is 0.828 bits per heavy atom. The Morgan fingerprint density at radius 3 is 1.79 bits per heavy atom. The number of sulfonamides is 1. The molecule has 0 amide bonds. The molecule has 2 heterocycles. The highest BCUT2D eigenvalue weighted by Gasteiger charge is 2.09. The summed E-state index contributed by atoms with van der Waals surface area (Å²) in [5.41, 5.74) is 3.76. The van der Waals surface area contributed by atoms with E-state index in [1.54, 1.807) is 24.3 Å². The van der Waals surface area contributed by atoms with E-state index in [9.17, 15) is 12.8 Å². The van der Waals surface area contributed by atoms with Crippen LogP contribution in [0.1, 0.15) is 0 Å². The largest absolute Gasteiger partial charge is 0.307 e. The van der Waals surface area contributed by atoms with Gasteiger partial charge in [0.2, 0.25) is 10.0 Å². The lowest BCUT2D eigenvalue weighted by atomic mass is 10.1. The molecule has 0 spiro atoms. The Morgan fingerprint density at radius 2 is 1.31 bits per heavy atom. The number of hydrogen-bond acceptors (Lipinski definition) is 7. The van der Waals surface area contributed by atoms with Gasteiger partial charge in [-0.1, -0.05) is 12.1 Å². The molecule has 148 valence electrons. The zero-order valence-corrected chi connectivity index (χ0v) is 17.5. The van der Waals surface area contributed by atoms with Crippen LogP contribution in [0.15, 0.2) is 59.3 Å². The lowest BCUT2D eigenvalue weighted by molar-refractivity contribution is 0.607. The Hall–Kier alpha value is -2.82. The van der Waals surface area contributed by atoms with Crippen molar-refractivity contribution in [3.05, 3.63) is 65.1 Å². The van der Waals surface area contributed by atoms with Gasteiger partial charge in [-0.3, -0.25) is 4.72 Å². The first kappa shape index (κ1) is 19.5. The van der Waals surface area contributed by atoms with Gasteiger partial charge in [0, 0.05) is 27.6 Å². The summed E-state index contributed by atoms with van der Waals surface area (Å²) in [6.45, 7) is 0. The molecule has 0 radical (unpaired) electrons. The molecule has 0 bridgehead atoms. The third-order valence-electron chi connectivity index (χ3n) is 3.85. The highest BCUT2D eigenvalue weighted by atomic mass is 32.2. The molecule has 0 atom stereocenters. The Balaban J connectivity index is 1.46. The number of rotatable bonds is 6. The molecule has 29 heavy (non-hydrogen) atoms. The van der Waals surface area contributed by atoms with Gasteiger partial charge < -0.3 is 5.32 Å². The minimum Gasteiger partial charge on any atom is -0.307 e. The molecule has 0 aliphatic heterocycles. The second-order valence-corrected chi connectivity index (χ2v) is 9.62. The first-order chi connectivity index (χ1) is 13.9. The summed E-state index contributed by atoms with van der Waals surface area (Å²) in [5, 5.41) is 8.39. The summed E-state index contributed by atoms with van der Waals surface area (Å²) in [6, 6.07) is 13.2. The van der Waals surface area contributed by atoms with Gasteiger partial charge in [-0.05, 0) is 36.4 Å². The topological polar surface area (TPSA) is 84.0 Å². The molecule has 4 rings (SSSR count). The molecular weight excluding hydrogens is 431 g/mol. The van der Waals surface area contributed by atoms with Crippen LogP contribution in [0.25, 0.3) is 22.5 Å². The van der Waals surface area contributed by atoms with E-state index in [1.807, 2.05) is 22.9 Å². The van der Waals surface area contributed by atoms with Gasteiger partial charge in [0.25, 0.3) is 0 Å². The van der Waals surface area contributed by atoms with Crippen molar-refractivity contribution >= 4 is 48.6 Å². The molecule has 0 unspecified atom stereocenters. The van der Waals surface area contributed by atoms with Crippen LogP contribution in [-0.2, 0) is 10.0 Å². The Labute approximate surface area is 175 Å². The maximum Gasteiger partial charge on any atom is 0.229 e. The fourth-order valence-electron chi connectivity index (χ4n) is 2.56. The molecule has 2 aromatic heterocycles. The summed E-state index contributed by atoms with van der Waals surface area (Å²) in [4.78, 5) is 9.08. The van der Waals surface area contributed by atoms with Crippen LogP contribution in [-0.4, -0.2) is 24.6 Å². The number of nitrogens with one attached hydrogen (secondary N) is 2. The van der Waals surface area contributed by atoms with Gasteiger partial charge in [0.15, 0.2) is 10.3 Å². The van der Waals surface area contributed by atoms with Crippen molar-refractivity contribution in [1.82, 2.24) is 9.97 Å². The van der Waals surface area contributed by atoms with Crippen LogP contribution in [0, 0.1) is 5.82 Å². The van der Waals surface area contributed by atoms with Crippen molar-refractivity contribution in [2.24, 2.45) is 0 Å². The quantitative estimate of drug-likeness (QED) is 0.426. The molecule has 6 nitrogen and oxygen atoms in total. The highest BCUT2D eigenvalue weighted by molar-refractivity contribution is 7.92.